The lowest BCUT2D eigenvalue weighted by Gasteiger charge is -2.33. The van der Waals surface area contributed by atoms with Crippen LogP contribution in [0.4, 0.5) is 0 Å². The minimum Gasteiger partial charge on any atom is -0.492 e. The SMILES string of the molecule is CN(CCOc1ccc(C#N)cc1)C1CCC(N)CC1. The van der Waals surface area contributed by atoms with Crippen LogP contribution in [0.25, 0.3) is 0 Å². The molecule has 0 saturated heterocycles. The Morgan fingerprint density at radius 3 is 2.50 bits per heavy atom. The first-order chi connectivity index (χ1) is 9.69. The Kier molecular flexibility index (Phi) is 5.40. The molecule has 1 aliphatic rings. The number of hydrogen-bond donors (Lipinski definition) is 1. The first-order valence-corrected chi connectivity index (χ1v) is 7.28. The van der Waals surface area contributed by atoms with Crippen molar-refractivity contribution in [2.75, 3.05) is 20.2 Å². The summed E-state index contributed by atoms with van der Waals surface area (Å²) in [7, 11) is 2.16. The maximum atomic E-state index is 8.73. The average Bonchev–Trinajstić information content (AvgIpc) is 2.48. The Balaban J connectivity index is 1.70. The molecular formula is C16H23N3O. The Bertz CT molecular complexity index is 444. The van der Waals surface area contributed by atoms with E-state index in [1.807, 2.05) is 12.1 Å². The van der Waals surface area contributed by atoms with Gasteiger partial charge in [0.1, 0.15) is 12.4 Å². The van der Waals surface area contributed by atoms with Crippen LogP contribution in [0, 0.1) is 11.3 Å². The maximum Gasteiger partial charge on any atom is 0.119 e. The zero-order chi connectivity index (χ0) is 14.4. The van der Waals surface area contributed by atoms with Gasteiger partial charge in [0.05, 0.1) is 11.6 Å². The molecule has 0 unspecified atom stereocenters. The number of nitriles is 1. The molecule has 4 nitrogen and oxygen atoms in total. The van der Waals surface area contributed by atoms with Gasteiger partial charge in [-0.15, -0.1) is 0 Å². The smallest absolute Gasteiger partial charge is 0.119 e. The summed E-state index contributed by atoms with van der Waals surface area (Å²) in [5.74, 6) is 0.822. The van der Waals surface area contributed by atoms with Crippen LogP contribution >= 0.6 is 0 Å². The fraction of sp³-hybridized carbons (Fsp3) is 0.562. The summed E-state index contributed by atoms with van der Waals surface area (Å²) in [6, 6.07) is 10.4. The molecule has 0 aliphatic heterocycles. The van der Waals surface area contributed by atoms with Gasteiger partial charge in [0.2, 0.25) is 0 Å². The van der Waals surface area contributed by atoms with Crippen molar-refractivity contribution in [3.05, 3.63) is 29.8 Å². The molecule has 1 aromatic carbocycles. The van der Waals surface area contributed by atoms with Gasteiger partial charge in [-0.3, -0.25) is 0 Å². The third-order valence-electron chi connectivity index (χ3n) is 4.06. The molecule has 0 heterocycles. The number of benzene rings is 1. The monoisotopic (exact) mass is 273 g/mol. The van der Waals surface area contributed by atoms with Gasteiger partial charge in [-0.2, -0.15) is 5.26 Å². The Labute approximate surface area is 121 Å². The molecule has 108 valence electrons. The normalized spacial score (nSPS) is 22.5. The lowest BCUT2D eigenvalue weighted by atomic mass is 9.91. The van der Waals surface area contributed by atoms with Crippen LogP contribution < -0.4 is 10.5 Å². The van der Waals surface area contributed by atoms with Crippen LogP contribution in [-0.2, 0) is 0 Å². The molecule has 0 aromatic heterocycles. The fourth-order valence-corrected chi connectivity index (χ4v) is 2.66. The molecule has 0 radical (unpaired) electrons. The van der Waals surface area contributed by atoms with Gasteiger partial charge >= 0.3 is 0 Å². The fourth-order valence-electron chi connectivity index (χ4n) is 2.66. The predicted molar refractivity (Wildman–Crippen MR) is 79.5 cm³/mol. The third kappa shape index (κ3) is 4.22. The van der Waals surface area contributed by atoms with Gasteiger partial charge in [-0.1, -0.05) is 0 Å². The highest BCUT2D eigenvalue weighted by atomic mass is 16.5. The second-order valence-electron chi connectivity index (χ2n) is 5.53. The predicted octanol–water partition coefficient (Wildman–Crippen LogP) is 2.14. The first-order valence-electron chi connectivity index (χ1n) is 7.28. The van der Waals surface area contributed by atoms with E-state index in [4.69, 9.17) is 15.7 Å². The summed E-state index contributed by atoms with van der Waals surface area (Å²) in [6.07, 6.45) is 4.64. The highest BCUT2D eigenvalue weighted by molar-refractivity contribution is 5.34. The molecule has 1 aromatic rings. The number of nitrogens with zero attached hydrogens (tertiary/aromatic N) is 2. The lowest BCUT2D eigenvalue weighted by Crippen LogP contribution is -2.40. The summed E-state index contributed by atoms with van der Waals surface area (Å²) >= 11 is 0. The molecule has 1 saturated carbocycles. The number of nitrogens with two attached hydrogens (primary N) is 1. The van der Waals surface area contributed by atoms with Gasteiger partial charge in [0.25, 0.3) is 0 Å². The molecule has 4 heteroatoms. The summed E-state index contributed by atoms with van der Waals surface area (Å²) in [4.78, 5) is 2.37. The highest BCUT2D eigenvalue weighted by Crippen LogP contribution is 2.21. The van der Waals surface area contributed by atoms with Crippen molar-refractivity contribution in [3.63, 3.8) is 0 Å². The van der Waals surface area contributed by atoms with Crippen molar-refractivity contribution in [1.82, 2.24) is 4.90 Å². The van der Waals surface area contributed by atoms with E-state index in [1.165, 1.54) is 12.8 Å². The van der Waals surface area contributed by atoms with E-state index in [9.17, 15) is 0 Å². The average molecular weight is 273 g/mol. The molecule has 0 atom stereocenters. The topological polar surface area (TPSA) is 62.3 Å². The van der Waals surface area contributed by atoms with E-state index >= 15 is 0 Å². The largest absolute Gasteiger partial charge is 0.492 e. The maximum absolute atomic E-state index is 8.73. The van der Waals surface area contributed by atoms with E-state index in [2.05, 4.69) is 18.0 Å². The number of hydrogen-bond acceptors (Lipinski definition) is 4. The third-order valence-corrected chi connectivity index (χ3v) is 4.06. The highest BCUT2D eigenvalue weighted by Gasteiger charge is 2.21. The Morgan fingerprint density at radius 2 is 1.90 bits per heavy atom. The lowest BCUT2D eigenvalue weighted by molar-refractivity contribution is 0.154. The van der Waals surface area contributed by atoms with E-state index in [-0.39, 0.29) is 0 Å². The van der Waals surface area contributed by atoms with Crippen LogP contribution in [0.2, 0.25) is 0 Å². The van der Waals surface area contributed by atoms with Gasteiger partial charge in [0, 0.05) is 18.6 Å². The van der Waals surface area contributed by atoms with Gasteiger partial charge in [-0.25, -0.2) is 0 Å². The number of rotatable bonds is 5. The standard InChI is InChI=1S/C16H23N3O/c1-19(15-6-4-14(18)5-7-15)10-11-20-16-8-2-13(12-17)3-9-16/h2-3,8-9,14-15H,4-7,10-11,18H2,1H3. The Morgan fingerprint density at radius 1 is 1.25 bits per heavy atom. The van der Waals surface area contributed by atoms with E-state index in [0.717, 1.165) is 25.1 Å². The zero-order valence-electron chi connectivity index (χ0n) is 12.1. The van der Waals surface area contributed by atoms with E-state index in [1.54, 1.807) is 12.1 Å². The molecule has 1 aliphatic carbocycles. The van der Waals surface area contributed by atoms with Gasteiger partial charge < -0.3 is 15.4 Å². The zero-order valence-corrected chi connectivity index (χ0v) is 12.1. The molecule has 2 N–H and O–H groups in total. The summed E-state index contributed by atoms with van der Waals surface area (Å²) in [5, 5.41) is 8.73. The summed E-state index contributed by atoms with van der Waals surface area (Å²) in [5.41, 5.74) is 6.59. The molecular weight excluding hydrogens is 250 g/mol. The Hall–Kier alpha value is -1.57. The van der Waals surface area contributed by atoms with Crippen LogP contribution in [0.1, 0.15) is 31.2 Å². The van der Waals surface area contributed by atoms with Gasteiger partial charge in [-0.05, 0) is 57.0 Å². The molecule has 2 rings (SSSR count). The van der Waals surface area contributed by atoms with Crippen LogP contribution in [0.5, 0.6) is 5.75 Å². The first kappa shape index (κ1) is 14.8. The minimum absolute atomic E-state index is 0.398. The van der Waals surface area contributed by atoms with Crippen molar-refractivity contribution >= 4 is 0 Å². The molecule has 0 bridgehead atoms. The van der Waals surface area contributed by atoms with Crippen LogP contribution in [0.15, 0.2) is 24.3 Å². The number of likely N-dealkylation sites (N-methyl/N-ethyl adjacent to an activating group) is 1. The van der Waals surface area contributed by atoms with Crippen LogP contribution in [0.3, 0.4) is 0 Å². The van der Waals surface area contributed by atoms with E-state index in [0.29, 0.717) is 24.3 Å². The van der Waals surface area contributed by atoms with Gasteiger partial charge in [0.15, 0.2) is 0 Å². The summed E-state index contributed by atoms with van der Waals surface area (Å²) in [6.45, 7) is 1.59. The van der Waals surface area contributed by atoms with Crippen molar-refractivity contribution in [2.24, 2.45) is 5.73 Å². The van der Waals surface area contributed by atoms with E-state index < -0.39 is 0 Å². The van der Waals surface area contributed by atoms with Crippen molar-refractivity contribution < 1.29 is 4.74 Å². The van der Waals surface area contributed by atoms with Crippen LogP contribution in [-0.4, -0.2) is 37.2 Å². The molecule has 0 amide bonds. The minimum atomic E-state index is 0.398. The molecule has 1 fully saturated rings. The molecule has 0 spiro atoms. The second kappa shape index (κ2) is 7.28. The molecule has 20 heavy (non-hydrogen) atoms. The van der Waals surface area contributed by atoms with Crippen molar-refractivity contribution in [3.8, 4) is 11.8 Å². The number of ether oxygens (including phenoxy) is 1. The second-order valence-corrected chi connectivity index (χ2v) is 5.53. The quantitative estimate of drug-likeness (QED) is 0.892. The van der Waals surface area contributed by atoms with Crippen molar-refractivity contribution in [2.45, 2.75) is 37.8 Å². The summed E-state index contributed by atoms with van der Waals surface area (Å²) < 4.78 is 5.71. The van der Waals surface area contributed by atoms with Crippen molar-refractivity contribution in [1.29, 1.82) is 5.26 Å².